The Morgan fingerprint density at radius 2 is 2.11 bits per heavy atom. The molecule has 1 aliphatic rings. The number of ether oxygens (including phenoxy) is 1. The number of hydrogen-bond acceptors (Lipinski definition) is 5. The second-order valence-electron chi connectivity index (χ2n) is 3.97. The van der Waals surface area contributed by atoms with Gasteiger partial charge in [-0.25, -0.2) is 13.2 Å². The Morgan fingerprint density at radius 3 is 2.67 bits per heavy atom. The molecule has 1 heterocycles. The van der Waals surface area contributed by atoms with Crippen LogP contribution >= 0.6 is 0 Å². The van der Waals surface area contributed by atoms with Crippen molar-refractivity contribution in [3.8, 4) is 5.75 Å². The fraction of sp³-hybridized carbons (Fsp3) is 0.364. The van der Waals surface area contributed by atoms with E-state index in [9.17, 15) is 18.3 Å². The van der Waals surface area contributed by atoms with Crippen molar-refractivity contribution in [1.82, 2.24) is 0 Å². The van der Waals surface area contributed by atoms with Crippen molar-refractivity contribution < 1.29 is 23.1 Å². The molecule has 0 saturated carbocycles. The molecular formula is C11H13NO5S. The van der Waals surface area contributed by atoms with Crippen LogP contribution in [0.15, 0.2) is 18.2 Å². The first kappa shape index (κ1) is 12.7. The first-order valence-electron chi connectivity index (χ1n) is 5.37. The molecule has 0 amide bonds. The maximum absolute atomic E-state index is 11.8. The summed E-state index contributed by atoms with van der Waals surface area (Å²) in [6.45, 7) is 0.354. The standard InChI is InChI=1S/C11H13NO5S/c1-17-11(14)8-5-9(7-10(13)6-8)12-3-2-4-18(12,15)16/h5-7,13H,2-4H2,1H3. The van der Waals surface area contributed by atoms with Crippen molar-refractivity contribution >= 4 is 21.7 Å². The van der Waals surface area contributed by atoms with Crippen molar-refractivity contribution in [2.24, 2.45) is 0 Å². The summed E-state index contributed by atoms with van der Waals surface area (Å²) in [5, 5.41) is 9.54. The molecule has 1 fully saturated rings. The van der Waals surface area contributed by atoms with E-state index < -0.39 is 16.0 Å². The highest BCUT2D eigenvalue weighted by Crippen LogP contribution is 2.28. The number of carbonyl (C=O) groups excluding carboxylic acids is 1. The summed E-state index contributed by atoms with van der Waals surface area (Å²) in [6, 6.07) is 3.95. The van der Waals surface area contributed by atoms with Crippen LogP contribution in [0.5, 0.6) is 5.75 Å². The largest absolute Gasteiger partial charge is 0.508 e. The second-order valence-corrected chi connectivity index (χ2v) is 5.98. The number of methoxy groups -OCH3 is 1. The Bertz CT molecular complexity index is 581. The minimum Gasteiger partial charge on any atom is -0.508 e. The van der Waals surface area contributed by atoms with Crippen molar-refractivity contribution in [2.75, 3.05) is 23.7 Å². The first-order chi connectivity index (χ1) is 8.44. The number of hydrogen-bond donors (Lipinski definition) is 1. The van der Waals surface area contributed by atoms with Crippen LogP contribution in [0.4, 0.5) is 5.69 Å². The minimum atomic E-state index is -3.34. The zero-order valence-electron chi connectivity index (χ0n) is 9.79. The number of rotatable bonds is 2. The van der Waals surface area contributed by atoms with E-state index in [1.54, 1.807) is 0 Å². The molecule has 1 N–H and O–H groups in total. The number of nitrogens with zero attached hydrogens (tertiary/aromatic N) is 1. The van der Waals surface area contributed by atoms with Gasteiger partial charge < -0.3 is 9.84 Å². The van der Waals surface area contributed by atoms with Gasteiger partial charge >= 0.3 is 5.97 Å². The lowest BCUT2D eigenvalue weighted by Gasteiger charge is -2.17. The van der Waals surface area contributed by atoms with Crippen LogP contribution in [0.1, 0.15) is 16.8 Å². The zero-order valence-corrected chi connectivity index (χ0v) is 10.6. The summed E-state index contributed by atoms with van der Waals surface area (Å²) in [5.41, 5.74) is 0.405. The normalized spacial score (nSPS) is 17.7. The number of anilines is 1. The van der Waals surface area contributed by atoms with Crippen LogP contribution in [0.3, 0.4) is 0 Å². The molecule has 0 aliphatic carbocycles. The van der Waals surface area contributed by atoms with E-state index in [0.29, 0.717) is 13.0 Å². The Hall–Kier alpha value is -1.76. The Balaban J connectivity index is 2.46. The average molecular weight is 271 g/mol. The second kappa shape index (κ2) is 4.49. The molecule has 1 aromatic carbocycles. The van der Waals surface area contributed by atoms with E-state index in [-0.39, 0.29) is 22.8 Å². The number of carbonyl (C=O) groups is 1. The monoisotopic (exact) mass is 271 g/mol. The van der Waals surface area contributed by atoms with Gasteiger partial charge in [0.05, 0.1) is 24.1 Å². The number of sulfonamides is 1. The number of phenolic OH excluding ortho intramolecular Hbond substituents is 1. The van der Waals surface area contributed by atoms with Gasteiger partial charge in [-0.05, 0) is 18.6 Å². The van der Waals surface area contributed by atoms with Crippen molar-refractivity contribution in [3.63, 3.8) is 0 Å². The molecule has 1 aliphatic heterocycles. The van der Waals surface area contributed by atoms with Crippen LogP contribution in [-0.4, -0.2) is 38.9 Å². The lowest BCUT2D eigenvalue weighted by Crippen LogP contribution is -2.25. The van der Waals surface area contributed by atoms with Crippen molar-refractivity contribution in [2.45, 2.75) is 6.42 Å². The van der Waals surface area contributed by atoms with Gasteiger partial charge in [0.2, 0.25) is 10.0 Å². The molecule has 6 nitrogen and oxygen atoms in total. The molecule has 0 atom stereocenters. The third-order valence-electron chi connectivity index (χ3n) is 2.71. The van der Waals surface area contributed by atoms with Crippen LogP contribution in [0.2, 0.25) is 0 Å². The summed E-state index contributed by atoms with van der Waals surface area (Å²) in [7, 11) is -2.12. The molecule has 0 bridgehead atoms. The zero-order chi connectivity index (χ0) is 13.3. The summed E-state index contributed by atoms with van der Waals surface area (Å²) < 4.78 is 29.2. The third-order valence-corrected chi connectivity index (χ3v) is 4.58. The molecule has 0 unspecified atom stereocenters. The van der Waals surface area contributed by atoms with Gasteiger partial charge in [0, 0.05) is 12.6 Å². The quantitative estimate of drug-likeness (QED) is 0.801. The molecule has 0 spiro atoms. The van der Waals surface area contributed by atoms with E-state index in [2.05, 4.69) is 4.74 Å². The summed E-state index contributed by atoms with van der Waals surface area (Å²) >= 11 is 0. The van der Waals surface area contributed by atoms with Gasteiger partial charge in [0.1, 0.15) is 5.75 Å². The lowest BCUT2D eigenvalue weighted by molar-refractivity contribution is 0.0600. The van der Waals surface area contributed by atoms with Crippen molar-refractivity contribution in [1.29, 1.82) is 0 Å². The van der Waals surface area contributed by atoms with E-state index in [1.807, 2.05) is 0 Å². The maximum Gasteiger partial charge on any atom is 0.338 e. The topological polar surface area (TPSA) is 83.9 Å². The highest BCUT2D eigenvalue weighted by atomic mass is 32.2. The maximum atomic E-state index is 11.8. The molecule has 1 aromatic rings. The molecule has 7 heteroatoms. The van der Waals surface area contributed by atoms with Gasteiger partial charge in [-0.2, -0.15) is 0 Å². The molecule has 0 aromatic heterocycles. The third kappa shape index (κ3) is 2.26. The predicted molar refractivity (Wildman–Crippen MR) is 65.2 cm³/mol. The van der Waals surface area contributed by atoms with E-state index in [1.165, 1.54) is 29.6 Å². The van der Waals surface area contributed by atoms with Crippen LogP contribution in [0.25, 0.3) is 0 Å². The van der Waals surface area contributed by atoms with Gasteiger partial charge in [-0.15, -0.1) is 0 Å². The smallest absolute Gasteiger partial charge is 0.338 e. The van der Waals surface area contributed by atoms with Gasteiger partial charge in [-0.3, -0.25) is 4.31 Å². The highest BCUT2D eigenvalue weighted by Gasteiger charge is 2.29. The number of phenols is 1. The fourth-order valence-electron chi connectivity index (χ4n) is 1.90. The lowest BCUT2D eigenvalue weighted by atomic mass is 10.2. The molecule has 18 heavy (non-hydrogen) atoms. The molecule has 98 valence electrons. The van der Waals surface area contributed by atoms with E-state index in [0.717, 1.165) is 0 Å². The molecule has 1 saturated heterocycles. The molecular weight excluding hydrogens is 258 g/mol. The van der Waals surface area contributed by atoms with E-state index >= 15 is 0 Å². The fourth-order valence-corrected chi connectivity index (χ4v) is 3.45. The number of esters is 1. The average Bonchev–Trinajstić information content (AvgIpc) is 2.67. The van der Waals surface area contributed by atoms with Gasteiger partial charge in [0.25, 0.3) is 0 Å². The van der Waals surface area contributed by atoms with Crippen molar-refractivity contribution in [3.05, 3.63) is 23.8 Å². The summed E-state index contributed by atoms with van der Waals surface area (Å²) in [5.74, 6) is -0.713. The summed E-state index contributed by atoms with van der Waals surface area (Å²) in [4.78, 5) is 11.4. The minimum absolute atomic E-state index is 0.0796. The van der Waals surface area contributed by atoms with Crippen LogP contribution in [0, 0.1) is 0 Å². The highest BCUT2D eigenvalue weighted by molar-refractivity contribution is 7.93. The SMILES string of the molecule is COC(=O)c1cc(O)cc(N2CCCS2(=O)=O)c1. The van der Waals surface area contributed by atoms with Gasteiger partial charge in [0.15, 0.2) is 0 Å². The summed E-state index contributed by atoms with van der Waals surface area (Å²) in [6.07, 6.45) is 0.533. The predicted octanol–water partition coefficient (Wildman–Crippen LogP) is 0.719. The molecule has 0 radical (unpaired) electrons. The Morgan fingerprint density at radius 1 is 1.39 bits per heavy atom. The Kier molecular flexibility index (Phi) is 3.16. The first-order valence-corrected chi connectivity index (χ1v) is 6.98. The van der Waals surface area contributed by atoms with E-state index in [4.69, 9.17) is 0 Å². The van der Waals surface area contributed by atoms with Crippen LogP contribution in [-0.2, 0) is 14.8 Å². The Labute approximate surface area is 105 Å². The molecule has 2 rings (SSSR count). The number of benzene rings is 1. The van der Waals surface area contributed by atoms with Gasteiger partial charge in [-0.1, -0.05) is 0 Å². The van der Waals surface area contributed by atoms with Crippen LogP contribution < -0.4 is 4.31 Å². The number of aromatic hydroxyl groups is 1.